The lowest BCUT2D eigenvalue weighted by molar-refractivity contribution is 0.441. The van der Waals surface area contributed by atoms with E-state index in [4.69, 9.17) is 35.4 Å². The molecule has 1 fully saturated rings. The lowest BCUT2D eigenvalue weighted by Gasteiger charge is -2.24. The Balaban J connectivity index is 2.03. The molecule has 2 rings (SSSR count). The number of anilines is 1. The summed E-state index contributed by atoms with van der Waals surface area (Å²) in [7, 11) is 0. The van der Waals surface area contributed by atoms with Gasteiger partial charge in [0.1, 0.15) is 0 Å². The molecule has 18 heavy (non-hydrogen) atoms. The van der Waals surface area contributed by atoms with Crippen LogP contribution in [0.25, 0.3) is 0 Å². The summed E-state index contributed by atoms with van der Waals surface area (Å²) < 4.78 is 0. The van der Waals surface area contributed by atoms with Crippen LogP contribution in [-0.2, 0) is 0 Å². The molecule has 98 valence electrons. The standard InChI is InChI=1S/C13H16Cl2N2S/c14-10-6-5-7-11(12(10)15)16-13(18)17-8-3-1-2-4-9-17/h5-7H,1-4,8-9H2,(H,16,18). The van der Waals surface area contributed by atoms with Gasteiger partial charge in [0.25, 0.3) is 0 Å². The number of rotatable bonds is 1. The van der Waals surface area contributed by atoms with Crippen LogP contribution in [0.1, 0.15) is 25.7 Å². The van der Waals surface area contributed by atoms with Crippen molar-refractivity contribution < 1.29 is 0 Å². The molecule has 1 heterocycles. The van der Waals surface area contributed by atoms with Crippen LogP contribution in [-0.4, -0.2) is 23.1 Å². The first-order valence-corrected chi connectivity index (χ1v) is 7.35. The van der Waals surface area contributed by atoms with Crippen molar-refractivity contribution in [1.29, 1.82) is 0 Å². The SMILES string of the molecule is S=C(Nc1cccc(Cl)c1Cl)N1CCCCCC1. The molecule has 2 nitrogen and oxygen atoms in total. The van der Waals surface area contributed by atoms with Gasteiger partial charge in [-0.1, -0.05) is 42.1 Å². The monoisotopic (exact) mass is 302 g/mol. The predicted molar refractivity (Wildman–Crippen MR) is 82.7 cm³/mol. The van der Waals surface area contributed by atoms with Gasteiger partial charge in [0.05, 0.1) is 15.7 Å². The summed E-state index contributed by atoms with van der Waals surface area (Å²) in [5.41, 5.74) is 0.776. The molecule has 0 unspecified atom stereocenters. The van der Waals surface area contributed by atoms with Gasteiger partial charge in [-0.25, -0.2) is 0 Å². The molecular formula is C13H16Cl2N2S. The van der Waals surface area contributed by atoms with Gasteiger partial charge in [-0.15, -0.1) is 0 Å². The number of hydrogen-bond acceptors (Lipinski definition) is 1. The molecule has 0 saturated carbocycles. The van der Waals surface area contributed by atoms with Crippen LogP contribution in [0.2, 0.25) is 10.0 Å². The van der Waals surface area contributed by atoms with Crippen molar-refractivity contribution in [2.24, 2.45) is 0 Å². The third-order valence-corrected chi connectivity index (χ3v) is 4.27. The average Bonchev–Trinajstić information content (AvgIpc) is 2.63. The van der Waals surface area contributed by atoms with Crippen molar-refractivity contribution in [2.45, 2.75) is 25.7 Å². The number of nitrogens with zero attached hydrogens (tertiary/aromatic N) is 1. The van der Waals surface area contributed by atoms with E-state index in [-0.39, 0.29) is 0 Å². The summed E-state index contributed by atoms with van der Waals surface area (Å²) in [6, 6.07) is 5.52. The molecule has 0 atom stereocenters. The highest BCUT2D eigenvalue weighted by molar-refractivity contribution is 7.80. The zero-order valence-electron chi connectivity index (χ0n) is 10.1. The Morgan fingerprint density at radius 3 is 2.44 bits per heavy atom. The molecule has 5 heteroatoms. The Morgan fingerprint density at radius 2 is 1.78 bits per heavy atom. The summed E-state index contributed by atoms with van der Waals surface area (Å²) in [4.78, 5) is 2.21. The van der Waals surface area contributed by atoms with Gasteiger partial charge in [-0.05, 0) is 37.2 Å². The Hall–Kier alpha value is -0.510. The molecule has 1 aromatic rings. The summed E-state index contributed by atoms with van der Waals surface area (Å²) in [6.07, 6.45) is 4.98. The van der Waals surface area contributed by atoms with Crippen LogP contribution >= 0.6 is 35.4 Å². The van der Waals surface area contributed by atoms with Crippen molar-refractivity contribution in [2.75, 3.05) is 18.4 Å². The van der Waals surface area contributed by atoms with Gasteiger partial charge in [-0.2, -0.15) is 0 Å². The molecule has 1 aliphatic rings. The fourth-order valence-corrected chi connectivity index (χ4v) is 2.71. The second-order valence-corrected chi connectivity index (χ2v) is 5.60. The van der Waals surface area contributed by atoms with E-state index in [0.29, 0.717) is 10.0 Å². The zero-order chi connectivity index (χ0) is 13.0. The second kappa shape index (κ2) is 6.60. The maximum absolute atomic E-state index is 6.14. The first kappa shape index (κ1) is 13.9. The van der Waals surface area contributed by atoms with Gasteiger partial charge >= 0.3 is 0 Å². The molecule has 1 aliphatic heterocycles. The fourth-order valence-electron chi connectivity index (χ4n) is 2.07. The van der Waals surface area contributed by atoms with E-state index < -0.39 is 0 Å². The lowest BCUT2D eigenvalue weighted by atomic mass is 10.2. The van der Waals surface area contributed by atoms with E-state index in [1.165, 1.54) is 25.7 Å². The van der Waals surface area contributed by atoms with Crippen LogP contribution in [0.15, 0.2) is 18.2 Å². The van der Waals surface area contributed by atoms with E-state index >= 15 is 0 Å². The van der Waals surface area contributed by atoms with Crippen LogP contribution < -0.4 is 5.32 Å². The van der Waals surface area contributed by atoms with Crippen molar-refractivity contribution in [1.82, 2.24) is 4.90 Å². The van der Waals surface area contributed by atoms with Crippen LogP contribution in [0.4, 0.5) is 5.69 Å². The Bertz CT molecular complexity index is 429. The van der Waals surface area contributed by atoms with Gasteiger partial charge in [0.15, 0.2) is 5.11 Å². The molecule has 1 N–H and O–H groups in total. The summed E-state index contributed by atoms with van der Waals surface area (Å²) in [5.74, 6) is 0. The first-order chi connectivity index (χ1) is 8.68. The topological polar surface area (TPSA) is 15.3 Å². The zero-order valence-corrected chi connectivity index (χ0v) is 12.4. The van der Waals surface area contributed by atoms with Crippen LogP contribution in [0.3, 0.4) is 0 Å². The summed E-state index contributed by atoms with van der Waals surface area (Å²) in [6.45, 7) is 2.04. The molecule has 0 aromatic heterocycles. The molecule has 0 bridgehead atoms. The third kappa shape index (κ3) is 3.50. The smallest absolute Gasteiger partial charge is 0.173 e. The highest BCUT2D eigenvalue weighted by atomic mass is 35.5. The second-order valence-electron chi connectivity index (χ2n) is 4.43. The Kier molecular flexibility index (Phi) is 5.10. The van der Waals surface area contributed by atoms with E-state index in [9.17, 15) is 0 Å². The highest BCUT2D eigenvalue weighted by Gasteiger charge is 2.13. The third-order valence-electron chi connectivity index (χ3n) is 3.09. The quantitative estimate of drug-likeness (QED) is 0.765. The van der Waals surface area contributed by atoms with Gasteiger partial charge in [0.2, 0.25) is 0 Å². The van der Waals surface area contributed by atoms with Crippen LogP contribution in [0, 0.1) is 0 Å². The van der Waals surface area contributed by atoms with Crippen molar-refractivity contribution >= 4 is 46.2 Å². The van der Waals surface area contributed by atoms with E-state index in [1.807, 2.05) is 12.1 Å². The van der Waals surface area contributed by atoms with E-state index in [0.717, 1.165) is 23.9 Å². The number of benzene rings is 1. The summed E-state index contributed by atoms with van der Waals surface area (Å²) in [5, 5.41) is 4.99. The normalized spacial score (nSPS) is 16.2. The minimum Gasteiger partial charge on any atom is -0.349 e. The number of hydrogen-bond donors (Lipinski definition) is 1. The maximum atomic E-state index is 6.14. The minimum absolute atomic E-state index is 0.524. The van der Waals surface area contributed by atoms with E-state index in [1.54, 1.807) is 6.07 Å². The van der Waals surface area contributed by atoms with Gasteiger partial charge in [-0.3, -0.25) is 0 Å². The van der Waals surface area contributed by atoms with Gasteiger partial charge in [0, 0.05) is 13.1 Å². The highest BCUT2D eigenvalue weighted by Crippen LogP contribution is 2.29. The largest absolute Gasteiger partial charge is 0.349 e. The number of nitrogens with one attached hydrogen (secondary N) is 1. The Morgan fingerprint density at radius 1 is 1.11 bits per heavy atom. The van der Waals surface area contributed by atoms with Crippen molar-refractivity contribution in [3.05, 3.63) is 28.2 Å². The molecule has 0 amide bonds. The fraction of sp³-hybridized carbons (Fsp3) is 0.462. The lowest BCUT2D eigenvalue weighted by Crippen LogP contribution is -2.35. The summed E-state index contributed by atoms with van der Waals surface area (Å²) >= 11 is 17.5. The number of thiocarbonyl (C=S) groups is 1. The molecule has 1 saturated heterocycles. The number of halogens is 2. The molecule has 0 aliphatic carbocycles. The first-order valence-electron chi connectivity index (χ1n) is 6.18. The molecule has 0 spiro atoms. The molecule has 0 radical (unpaired) electrons. The Labute approximate surface area is 123 Å². The van der Waals surface area contributed by atoms with Crippen LogP contribution in [0.5, 0.6) is 0 Å². The maximum Gasteiger partial charge on any atom is 0.173 e. The minimum atomic E-state index is 0.524. The average molecular weight is 303 g/mol. The molecule has 1 aromatic carbocycles. The van der Waals surface area contributed by atoms with Crippen molar-refractivity contribution in [3.63, 3.8) is 0 Å². The van der Waals surface area contributed by atoms with Gasteiger partial charge < -0.3 is 10.2 Å². The van der Waals surface area contributed by atoms with Crippen molar-refractivity contribution in [3.8, 4) is 0 Å². The molecular weight excluding hydrogens is 287 g/mol. The predicted octanol–water partition coefficient (Wildman–Crippen LogP) is 4.57. The number of likely N-dealkylation sites (tertiary alicyclic amines) is 1. The van der Waals surface area contributed by atoms with E-state index in [2.05, 4.69) is 10.2 Å².